The van der Waals surface area contributed by atoms with Crippen LogP contribution < -0.4 is 16.7 Å². The van der Waals surface area contributed by atoms with E-state index >= 15 is 0 Å². The van der Waals surface area contributed by atoms with Crippen LogP contribution in [0, 0.1) is 0 Å². The van der Waals surface area contributed by atoms with Crippen LogP contribution in [0.2, 0.25) is 0 Å². The van der Waals surface area contributed by atoms with Gasteiger partial charge in [0.2, 0.25) is 0 Å². The number of nitrogens with one attached hydrogen (secondary N) is 2. The van der Waals surface area contributed by atoms with Gasteiger partial charge in [-0.05, 0) is 6.42 Å². The van der Waals surface area contributed by atoms with Crippen molar-refractivity contribution >= 4 is 5.84 Å². The molecule has 0 aromatic rings. The number of hydrazine groups is 2. The minimum atomic E-state index is 0.0559. The van der Waals surface area contributed by atoms with Crippen LogP contribution >= 0.6 is 0 Å². The van der Waals surface area contributed by atoms with E-state index < -0.39 is 0 Å². The Kier molecular flexibility index (Phi) is 3.07. The summed E-state index contributed by atoms with van der Waals surface area (Å²) in [6.07, 6.45) is 3.45. The Balaban J connectivity index is 2.23. The molecule has 0 aromatic carbocycles. The first-order valence-corrected chi connectivity index (χ1v) is 3.93. The summed E-state index contributed by atoms with van der Waals surface area (Å²) >= 11 is 0. The van der Waals surface area contributed by atoms with E-state index in [0.29, 0.717) is 0 Å². The number of amidine groups is 1. The molecule has 68 valence electrons. The number of hydrogen-bond donors (Lipinski definition) is 3. The van der Waals surface area contributed by atoms with Crippen molar-refractivity contribution < 1.29 is 0 Å². The van der Waals surface area contributed by atoms with Crippen molar-refractivity contribution in [1.82, 2.24) is 16.1 Å². The zero-order valence-corrected chi connectivity index (χ0v) is 7.25. The van der Waals surface area contributed by atoms with E-state index in [4.69, 9.17) is 5.73 Å². The molecule has 12 heavy (non-hydrogen) atoms. The number of hydrogen-bond acceptors (Lipinski definition) is 5. The molecule has 0 aromatic heterocycles. The largest absolute Gasteiger partial charge is 0.324 e. The summed E-state index contributed by atoms with van der Waals surface area (Å²) in [5, 5.41) is 5.75. The molecule has 1 heterocycles. The van der Waals surface area contributed by atoms with E-state index in [1.54, 1.807) is 11.2 Å². The average molecular weight is 169 g/mol. The number of hydrazone groups is 1. The Morgan fingerprint density at radius 2 is 2.58 bits per heavy atom. The van der Waals surface area contributed by atoms with E-state index in [1.165, 1.54) is 0 Å². The molecule has 0 fully saturated rings. The third-order valence-electron chi connectivity index (χ3n) is 1.65. The van der Waals surface area contributed by atoms with Crippen LogP contribution in [0.25, 0.3) is 0 Å². The van der Waals surface area contributed by atoms with Crippen molar-refractivity contribution in [3.8, 4) is 0 Å². The molecule has 5 heteroatoms. The van der Waals surface area contributed by atoms with Gasteiger partial charge in [-0.2, -0.15) is 0 Å². The van der Waals surface area contributed by atoms with Gasteiger partial charge in [0.05, 0.1) is 0 Å². The third kappa shape index (κ3) is 2.52. The monoisotopic (exact) mass is 169 g/mol. The number of nitrogens with two attached hydrogens (primary N) is 1. The highest BCUT2D eigenvalue weighted by Gasteiger charge is 2.09. The van der Waals surface area contributed by atoms with Gasteiger partial charge in [-0.25, -0.2) is 5.12 Å². The molecule has 0 aliphatic carbocycles. The van der Waals surface area contributed by atoms with Crippen molar-refractivity contribution in [2.24, 2.45) is 10.8 Å². The molecule has 5 nitrogen and oxygen atoms in total. The van der Waals surface area contributed by atoms with E-state index in [0.717, 1.165) is 18.7 Å². The van der Waals surface area contributed by atoms with Gasteiger partial charge in [0.15, 0.2) is 0 Å². The van der Waals surface area contributed by atoms with Gasteiger partial charge in [0, 0.05) is 19.5 Å². The molecule has 0 saturated carbocycles. The maximum absolute atomic E-state index is 5.65. The minimum absolute atomic E-state index is 0.0559. The summed E-state index contributed by atoms with van der Waals surface area (Å²) < 4.78 is 0. The predicted octanol–water partition coefficient (Wildman–Crippen LogP) is -0.452. The Labute approximate surface area is 72.2 Å². The molecule has 0 saturated heterocycles. The van der Waals surface area contributed by atoms with Gasteiger partial charge in [0.25, 0.3) is 0 Å². The molecule has 1 atom stereocenters. The molecular weight excluding hydrogens is 154 g/mol. The Morgan fingerprint density at radius 3 is 3.08 bits per heavy atom. The van der Waals surface area contributed by atoms with Crippen molar-refractivity contribution in [3.05, 3.63) is 12.7 Å². The minimum Gasteiger partial charge on any atom is -0.324 e. The molecular formula is C7H15N5. The molecule has 1 aliphatic heterocycles. The molecule has 1 unspecified atom stereocenters. The smallest absolute Gasteiger partial charge is 0.139 e. The van der Waals surface area contributed by atoms with E-state index in [1.807, 2.05) is 7.05 Å². The zero-order chi connectivity index (χ0) is 8.97. The molecule has 0 amide bonds. The summed E-state index contributed by atoms with van der Waals surface area (Å²) in [6, 6.07) is 0.0559. The zero-order valence-electron chi connectivity index (χ0n) is 7.25. The Hall–Kier alpha value is -1.07. The fourth-order valence-electron chi connectivity index (χ4n) is 0.910. The molecule has 1 rings (SSSR count). The van der Waals surface area contributed by atoms with E-state index in [9.17, 15) is 0 Å². The van der Waals surface area contributed by atoms with Crippen LogP contribution in [0.5, 0.6) is 0 Å². The maximum Gasteiger partial charge on any atom is 0.139 e. The van der Waals surface area contributed by atoms with Gasteiger partial charge < -0.3 is 5.73 Å². The van der Waals surface area contributed by atoms with Crippen LogP contribution in [0.3, 0.4) is 0 Å². The van der Waals surface area contributed by atoms with E-state index in [-0.39, 0.29) is 6.04 Å². The molecule has 0 radical (unpaired) electrons. The lowest BCUT2D eigenvalue weighted by atomic mass is 10.1. The maximum atomic E-state index is 5.65. The van der Waals surface area contributed by atoms with Crippen LogP contribution in [0.4, 0.5) is 0 Å². The van der Waals surface area contributed by atoms with Crippen LogP contribution in [0.1, 0.15) is 12.8 Å². The first kappa shape index (κ1) is 9.02. The van der Waals surface area contributed by atoms with Gasteiger partial charge in [-0.3, -0.25) is 5.43 Å². The van der Waals surface area contributed by atoms with Gasteiger partial charge >= 0.3 is 0 Å². The van der Waals surface area contributed by atoms with Gasteiger partial charge in [-0.1, -0.05) is 6.08 Å². The highest BCUT2D eigenvalue weighted by molar-refractivity contribution is 5.82. The topological polar surface area (TPSA) is 65.7 Å². The SMILES string of the molecule is C=CC(N)CCC1=NN(C)NN1. The van der Waals surface area contributed by atoms with Gasteiger partial charge in [0.1, 0.15) is 5.84 Å². The summed E-state index contributed by atoms with van der Waals surface area (Å²) in [7, 11) is 1.83. The molecule has 1 aliphatic rings. The number of nitrogens with zero attached hydrogens (tertiary/aromatic N) is 2. The van der Waals surface area contributed by atoms with Crippen molar-refractivity contribution in [3.63, 3.8) is 0 Å². The fraction of sp³-hybridized carbons (Fsp3) is 0.571. The van der Waals surface area contributed by atoms with Crippen LogP contribution in [0.15, 0.2) is 17.8 Å². The second-order valence-electron chi connectivity index (χ2n) is 2.75. The van der Waals surface area contributed by atoms with Gasteiger partial charge in [-0.15, -0.1) is 17.2 Å². The second-order valence-corrected chi connectivity index (χ2v) is 2.75. The molecule has 0 spiro atoms. The predicted molar refractivity (Wildman–Crippen MR) is 48.9 cm³/mol. The Morgan fingerprint density at radius 1 is 1.83 bits per heavy atom. The lowest BCUT2D eigenvalue weighted by molar-refractivity contribution is 0.259. The van der Waals surface area contributed by atoms with Crippen LogP contribution in [-0.4, -0.2) is 24.0 Å². The van der Waals surface area contributed by atoms with Crippen molar-refractivity contribution in [2.75, 3.05) is 7.05 Å². The van der Waals surface area contributed by atoms with Crippen molar-refractivity contribution in [1.29, 1.82) is 0 Å². The quantitative estimate of drug-likeness (QED) is 0.499. The molecule has 0 bridgehead atoms. The van der Waals surface area contributed by atoms with E-state index in [2.05, 4.69) is 22.6 Å². The summed E-state index contributed by atoms with van der Waals surface area (Å²) in [5.74, 6) is 0.912. The summed E-state index contributed by atoms with van der Waals surface area (Å²) in [6.45, 7) is 3.61. The van der Waals surface area contributed by atoms with Crippen molar-refractivity contribution in [2.45, 2.75) is 18.9 Å². The number of rotatable bonds is 4. The highest BCUT2D eigenvalue weighted by Crippen LogP contribution is 1.99. The fourth-order valence-corrected chi connectivity index (χ4v) is 0.910. The molecule has 4 N–H and O–H groups in total. The second kappa shape index (κ2) is 4.08. The average Bonchev–Trinajstić information content (AvgIpc) is 2.47. The Bertz CT molecular complexity index is 188. The van der Waals surface area contributed by atoms with Crippen LogP contribution in [-0.2, 0) is 0 Å². The highest BCUT2D eigenvalue weighted by atomic mass is 15.8. The standard InChI is InChI=1S/C7H15N5/c1-3-6(8)4-5-7-9-11-12(2)10-7/h3,6,11H,1,4-5,8H2,2H3,(H,9,10). The first-order chi connectivity index (χ1) is 5.72. The summed E-state index contributed by atoms with van der Waals surface area (Å²) in [5.41, 5.74) is 11.4. The lowest BCUT2D eigenvalue weighted by Gasteiger charge is -2.04. The summed E-state index contributed by atoms with van der Waals surface area (Å²) in [4.78, 5) is 0. The normalized spacial score (nSPS) is 18.5. The first-order valence-electron chi connectivity index (χ1n) is 3.93. The third-order valence-corrected chi connectivity index (χ3v) is 1.65. The lowest BCUT2D eigenvalue weighted by Crippen LogP contribution is -2.36.